The van der Waals surface area contributed by atoms with E-state index in [0.29, 0.717) is 4.74 Å². The Morgan fingerprint density at radius 3 is 2.52 bits per heavy atom. The third-order valence-electron chi connectivity index (χ3n) is 2.78. The minimum Gasteiger partial charge on any atom is -0.459 e. The summed E-state index contributed by atoms with van der Waals surface area (Å²) in [5.74, 6) is -1.08. The van der Waals surface area contributed by atoms with E-state index in [1.165, 1.54) is 4.90 Å². The van der Waals surface area contributed by atoms with E-state index in [2.05, 4.69) is 25.9 Å². The Balaban J connectivity index is 2.16. The van der Waals surface area contributed by atoms with E-state index in [9.17, 15) is 14.4 Å². The van der Waals surface area contributed by atoms with Crippen molar-refractivity contribution >= 4 is 44.4 Å². The Labute approximate surface area is 130 Å². The van der Waals surface area contributed by atoms with Crippen molar-refractivity contribution in [1.82, 2.24) is 9.80 Å². The fourth-order valence-electron chi connectivity index (χ4n) is 1.93. The van der Waals surface area contributed by atoms with Gasteiger partial charge in [0.25, 0.3) is 5.91 Å². The van der Waals surface area contributed by atoms with Crippen LogP contribution in [-0.2, 0) is 14.3 Å². The van der Waals surface area contributed by atoms with Crippen LogP contribution in [0.3, 0.4) is 0 Å². The minimum absolute atomic E-state index is 0.125. The summed E-state index contributed by atoms with van der Waals surface area (Å²) in [4.78, 5) is 46.1. The van der Waals surface area contributed by atoms with Gasteiger partial charge in [-0.25, -0.2) is 14.7 Å². The number of nitrogens with zero attached hydrogens (tertiary/aromatic N) is 4. The predicted octanol–water partition coefficient (Wildman–Crippen LogP) is 0.754. The average molecular weight is 359 g/mol. The summed E-state index contributed by atoms with van der Waals surface area (Å²) in [6.07, 6.45) is 0. The zero-order valence-electron chi connectivity index (χ0n) is 12.1. The number of hydrogen-bond acceptors (Lipinski definition) is 6. The molecule has 1 atom stereocenters. The fourth-order valence-corrected chi connectivity index (χ4v) is 2.31. The number of hydrogen-bond donors (Lipinski definition) is 0. The number of ether oxygens (including phenoxy) is 1. The van der Waals surface area contributed by atoms with Gasteiger partial charge < -0.3 is 9.64 Å². The van der Waals surface area contributed by atoms with E-state index < -0.39 is 36.1 Å². The van der Waals surface area contributed by atoms with Gasteiger partial charge in [-0.2, -0.15) is 4.99 Å². The van der Waals surface area contributed by atoms with Gasteiger partial charge in [0.1, 0.15) is 12.1 Å². The number of halogens is 1. The number of fused-ring (bicyclic) bond motifs is 1. The molecule has 0 unspecified atom stereocenters. The number of carbonyl (C=O) groups excluding carboxylic acids is 3. The molecule has 2 aliphatic rings. The van der Waals surface area contributed by atoms with Crippen molar-refractivity contribution in [1.29, 1.82) is 0 Å². The summed E-state index contributed by atoms with van der Waals surface area (Å²) in [5.41, 5.74) is -0.691. The van der Waals surface area contributed by atoms with Crippen LogP contribution in [0.5, 0.6) is 0 Å². The zero-order chi connectivity index (χ0) is 15.9. The average Bonchev–Trinajstić information content (AvgIpc) is 2.58. The Kier molecular flexibility index (Phi) is 3.87. The van der Waals surface area contributed by atoms with Gasteiger partial charge in [0, 0.05) is 7.05 Å². The van der Waals surface area contributed by atoms with E-state index in [1.807, 2.05) is 0 Å². The van der Waals surface area contributed by atoms with E-state index in [1.54, 1.807) is 27.8 Å². The van der Waals surface area contributed by atoms with Crippen LogP contribution in [0, 0.1) is 0 Å². The first kappa shape index (κ1) is 15.6. The number of aliphatic imine (C=N–C) groups is 2. The lowest BCUT2D eigenvalue weighted by Crippen LogP contribution is -2.55. The molecule has 3 amide bonds. The van der Waals surface area contributed by atoms with E-state index >= 15 is 0 Å². The molecular weight excluding hydrogens is 344 g/mol. The number of rotatable bonds is 2. The highest BCUT2D eigenvalue weighted by Gasteiger charge is 2.45. The predicted molar refractivity (Wildman–Crippen MR) is 78.3 cm³/mol. The molecule has 0 saturated heterocycles. The number of amides is 3. The molecule has 0 aromatic carbocycles. The smallest absolute Gasteiger partial charge is 0.352 e. The maximum Gasteiger partial charge on any atom is 0.352 e. The summed E-state index contributed by atoms with van der Waals surface area (Å²) in [5, 5.41) is 0. The lowest BCUT2D eigenvalue weighted by molar-refractivity contribution is -0.157. The van der Waals surface area contributed by atoms with Gasteiger partial charge in [-0.05, 0) is 36.7 Å². The fraction of sp³-hybridized carbons (Fsp3) is 0.583. The maximum atomic E-state index is 12.4. The van der Waals surface area contributed by atoms with Gasteiger partial charge in [-0.15, -0.1) is 0 Å². The molecule has 0 N–H and O–H groups in total. The second-order valence-corrected chi connectivity index (χ2v) is 6.37. The number of urea groups is 1. The van der Waals surface area contributed by atoms with Gasteiger partial charge >= 0.3 is 12.0 Å². The van der Waals surface area contributed by atoms with E-state index in [0.717, 1.165) is 4.90 Å². The number of likely N-dealkylation sites (N-methyl/N-ethyl adjacent to an activating group) is 1. The number of carbonyl (C=O) groups is 3. The second-order valence-electron chi connectivity index (χ2n) is 5.66. The highest BCUT2D eigenvalue weighted by molar-refractivity contribution is 9.18. The summed E-state index contributed by atoms with van der Waals surface area (Å²) < 4.78 is 5.52. The van der Waals surface area contributed by atoms with E-state index in [4.69, 9.17) is 4.74 Å². The Hall–Kier alpha value is -1.77. The Morgan fingerprint density at radius 2 is 1.95 bits per heavy atom. The first-order valence-electron chi connectivity index (χ1n) is 6.23. The number of amidine groups is 2. The van der Waals surface area contributed by atoms with Crippen molar-refractivity contribution in [3.05, 3.63) is 0 Å². The monoisotopic (exact) mass is 358 g/mol. The summed E-state index contributed by atoms with van der Waals surface area (Å²) >= 11 is 3.17. The van der Waals surface area contributed by atoms with Crippen LogP contribution >= 0.6 is 15.9 Å². The summed E-state index contributed by atoms with van der Waals surface area (Å²) in [6.45, 7) is 4.65. The molecular formula is C12H15BrN4O4. The lowest BCUT2D eigenvalue weighted by atomic mass is 10.2. The molecule has 0 bridgehead atoms. The normalized spacial score (nSPS) is 22.0. The van der Waals surface area contributed by atoms with E-state index in [-0.39, 0.29) is 5.84 Å². The molecule has 2 rings (SSSR count). The third kappa shape index (κ3) is 3.12. The molecule has 2 aliphatic heterocycles. The summed E-state index contributed by atoms with van der Waals surface area (Å²) in [6, 6.07) is -1.60. The quantitative estimate of drug-likeness (QED) is 0.536. The molecule has 0 radical (unpaired) electrons. The topological polar surface area (TPSA) is 91.6 Å². The molecule has 0 fully saturated rings. The van der Waals surface area contributed by atoms with Crippen LogP contribution in [0.4, 0.5) is 4.79 Å². The Bertz CT molecular complexity index is 578. The van der Waals surface area contributed by atoms with Crippen LogP contribution in [-0.4, -0.2) is 63.5 Å². The minimum atomic E-state index is -0.809. The van der Waals surface area contributed by atoms with Gasteiger partial charge in [-0.1, -0.05) is 0 Å². The van der Waals surface area contributed by atoms with Crippen LogP contribution in [0.25, 0.3) is 0 Å². The molecule has 0 spiro atoms. The van der Waals surface area contributed by atoms with Crippen LogP contribution in [0.1, 0.15) is 20.8 Å². The molecule has 0 saturated carbocycles. The number of imide groups is 1. The van der Waals surface area contributed by atoms with Gasteiger partial charge in [0.05, 0.1) is 0 Å². The van der Waals surface area contributed by atoms with Crippen molar-refractivity contribution in [2.24, 2.45) is 9.98 Å². The molecule has 114 valence electrons. The molecule has 0 aromatic heterocycles. The van der Waals surface area contributed by atoms with Crippen LogP contribution in [0.2, 0.25) is 0 Å². The van der Waals surface area contributed by atoms with Crippen molar-refractivity contribution in [3.63, 3.8) is 0 Å². The highest BCUT2D eigenvalue weighted by Crippen LogP contribution is 2.22. The van der Waals surface area contributed by atoms with Crippen molar-refractivity contribution < 1.29 is 19.1 Å². The van der Waals surface area contributed by atoms with Gasteiger partial charge in [-0.3, -0.25) is 9.59 Å². The van der Waals surface area contributed by atoms with Gasteiger partial charge in [0.15, 0.2) is 16.6 Å². The SMILES string of the molecule is CN1C(Br)=NC2=NC(=O)N(CC(=O)OC(C)(C)C)C(=O)[C@H]21. The maximum absolute atomic E-state index is 12.4. The first-order valence-corrected chi connectivity index (χ1v) is 7.02. The van der Waals surface area contributed by atoms with Gasteiger partial charge in [0.2, 0.25) is 0 Å². The van der Waals surface area contributed by atoms with Crippen molar-refractivity contribution in [3.8, 4) is 0 Å². The van der Waals surface area contributed by atoms with Crippen LogP contribution < -0.4 is 0 Å². The van der Waals surface area contributed by atoms with Crippen molar-refractivity contribution in [2.75, 3.05) is 13.6 Å². The largest absolute Gasteiger partial charge is 0.459 e. The molecule has 0 aliphatic carbocycles. The molecule has 0 aromatic rings. The second kappa shape index (κ2) is 5.21. The molecule has 9 heteroatoms. The number of esters is 1. The van der Waals surface area contributed by atoms with Crippen molar-refractivity contribution in [2.45, 2.75) is 32.4 Å². The first-order chi connectivity index (χ1) is 9.60. The zero-order valence-corrected chi connectivity index (χ0v) is 13.7. The molecule has 8 nitrogen and oxygen atoms in total. The molecule has 21 heavy (non-hydrogen) atoms. The van der Waals surface area contributed by atoms with Crippen LogP contribution in [0.15, 0.2) is 9.98 Å². The third-order valence-corrected chi connectivity index (χ3v) is 3.51. The Morgan fingerprint density at radius 1 is 1.33 bits per heavy atom. The lowest BCUT2D eigenvalue weighted by Gasteiger charge is -2.29. The molecule has 2 heterocycles. The summed E-state index contributed by atoms with van der Waals surface area (Å²) in [7, 11) is 1.64. The highest BCUT2D eigenvalue weighted by atomic mass is 79.9. The standard InChI is InChI=1S/C12H15BrN4O4/c1-12(2,3)21-6(18)5-17-9(19)7-8(15-11(17)20)14-10(13)16(7)4/h7H,5H2,1-4H3/t7-/m0/s1.